The van der Waals surface area contributed by atoms with Gasteiger partial charge in [-0.3, -0.25) is 9.78 Å². The Balaban J connectivity index is 1.56. The van der Waals surface area contributed by atoms with Crippen LogP contribution in [-0.4, -0.2) is 50.6 Å². The summed E-state index contributed by atoms with van der Waals surface area (Å²) in [5.41, 5.74) is 0.544. The van der Waals surface area contributed by atoms with E-state index in [4.69, 9.17) is 4.74 Å². The number of para-hydroxylation sites is 1. The molecule has 1 aliphatic rings. The standard InChI is InChI=1S/C20H24N6O3/c1-20(2,3)29-19(28)22-13-9-10-25(12-13)18-23-16-15(17(27)24-18)11-21-26(16)14-7-5-4-6-8-14/h4-8,11,13H,9-10,12H2,1-3H3,(H,22,28)(H,23,24,27). The number of carbonyl (C=O) groups excluding carboxylic acids is 1. The summed E-state index contributed by atoms with van der Waals surface area (Å²) in [5, 5.41) is 7.63. The molecule has 2 N–H and O–H groups in total. The van der Waals surface area contributed by atoms with Gasteiger partial charge in [-0.15, -0.1) is 0 Å². The molecule has 0 radical (unpaired) electrons. The minimum atomic E-state index is -0.546. The number of aromatic amines is 1. The maximum atomic E-state index is 12.6. The van der Waals surface area contributed by atoms with Crippen LogP contribution in [-0.2, 0) is 4.74 Å². The Labute approximate surface area is 167 Å². The Hall–Kier alpha value is -3.36. The Morgan fingerprint density at radius 3 is 2.76 bits per heavy atom. The van der Waals surface area contributed by atoms with Crippen LogP contribution in [0.25, 0.3) is 16.7 Å². The molecule has 0 aliphatic carbocycles. The lowest BCUT2D eigenvalue weighted by Crippen LogP contribution is -2.40. The van der Waals surface area contributed by atoms with Gasteiger partial charge in [0.25, 0.3) is 5.56 Å². The molecule has 1 fully saturated rings. The molecule has 0 spiro atoms. The molecule has 9 heteroatoms. The lowest BCUT2D eigenvalue weighted by Gasteiger charge is -2.22. The summed E-state index contributed by atoms with van der Waals surface area (Å²) in [6.45, 7) is 6.68. The number of hydrogen-bond acceptors (Lipinski definition) is 6. The van der Waals surface area contributed by atoms with E-state index in [0.717, 1.165) is 12.1 Å². The van der Waals surface area contributed by atoms with Crippen molar-refractivity contribution in [2.75, 3.05) is 18.0 Å². The van der Waals surface area contributed by atoms with E-state index in [1.54, 1.807) is 4.68 Å². The number of nitrogens with one attached hydrogen (secondary N) is 2. The van der Waals surface area contributed by atoms with Crippen molar-refractivity contribution in [1.82, 2.24) is 25.1 Å². The molecule has 3 aromatic rings. The first-order valence-electron chi connectivity index (χ1n) is 9.58. The summed E-state index contributed by atoms with van der Waals surface area (Å²) < 4.78 is 6.97. The van der Waals surface area contributed by atoms with Gasteiger partial charge in [-0.1, -0.05) is 18.2 Å². The summed E-state index contributed by atoms with van der Waals surface area (Å²) in [4.78, 5) is 34.0. The third kappa shape index (κ3) is 4.08. The molecule has 1 amide bonds. The van der Waals surface area contributed by atoms with Crippen molar-refractivity contribution in [1.29, 1.82) is 0 Å². The van der Waals surface area contributed by atoms with E-state index >= 15 is 0 Å². The number of alkyl carbamates (subject to hydrolysis) is 1. The molecule has 3 heterocycles. The topological polar surface area (TPSA) is 105 Å². The van der Waals surface area contributed by atoms with E-state index in [9.17, 15) is 9.59 Å². The average Bonchev–Trinajstić information content (AvgIpc) is 3.28. The Bertz CT molecular complexity index is 1080. The van der Waals surface area contributed by atoms with Crippen LogP contribution in [0.5, 0.6) is 0 Å². The summed E-state index contributed by atoms with van der Waals surface area (Å²) in [5.74, 6) is 0.466. The number of fused-ring (bicyclic) bond motifs is 1. The molecule has 2 aromatic heterocycles. The summed E-state index contributed by atoms with van der Waals surface area (Å²) in [6.07, 6.45) is 1.82. The average molecular weight is 396 g/mol. The molecule has 9 nitrogen and oxygen atoms in total. The number of carbonyl (C=O) groups is 1. The Morgan fingerprint density at radius 2 is 2.03 bits per heavy atom. The highest BCUT2D eigenvalue weighted by atomic mass is 16.6. The van der Waals surface area contributed by atoms with Gasteiger partial charge >= 0.3 is 6.09 Å². The number of rotatable bonds is 3. The third-order valence-electron chi connectivity index (χ3n) is 4.64. The van der Waals surface area contributed by atoms with Gasteiger partial charge in [0.1, 0.15) is 11.0 Å². The SMILES string of the molecule is CC(C)(C)OC(=O)NC1CCN(c2nc3c(cnn3-c3ccccc3)c(=O)[nH]2)C1. The van der Waals surface area contributed by atoms with Crippen LogP contribution in [0.1, 0.15) is 27.2 Å². The van der Waals surface area contributed by atoms with Crippen molar-refractivity contribution >= 4 is 23.1 Å². The van der Waals surface area contributed by atoms with E-state index in [2.05, 4.69) is 20.4 Å². The molecule has 1 atom stereocenters. The minimum Gasteiger partial charge on any atom is -0.444 e. The predicted molar refractivity (Wildman–Crippen MR) is 109 cm³/mol. The molecule has 1 unspecified atom stereocenters. The van der Waals surface area contributed by atoms with Crippen LogP contribution in [0.2, 0.25) is 0 Å². The molecule has 0 saturated carbocycles. The molecule has 0 bridgehead atoms. The number of ether oxygens (including phenoxy) is 1. The zero-order valence-corrected chi connectivity index (χ0v) is 16.7. The van der Waals surface area contributed by atoms with Gasteiger partial charge in [-0.05, 0) is 39.3 Å². The van der Waals surface area contributed by atoms with Crippen LogP contribution in [0.15, 0.2) is 41.3 Å². The minimum absolute atomic E-state index is 0.0788. The quantitative estimate of drug-likeness (QED) is 0.703. The summed E-state index contributed by atoms with van der Waals surface area (Å²) >= 11 is 0. The first-order chi connectivity index (χ1) is 13.8. The van der Waals surface area contributed by atoms with Crippen molar-refractivity contribution in [2.45, 2.75) is 38.8 Å². The third-order valence-corrected chi connectivity index (χ3v) is 4.64. The van der Waals surface area contributed by atoms with Crippen LogP contribution in [0, 0.1) is 0 Å². The largest absolute Gasteiger partial charge is 0.444 e. The molecule has 29 heavy (non-hydrogen) atoms. The fraction of sp³-hybridized carbons (Fsp3) is 0.400. The maximum absolute atomic E-state index is 12.6. The van der Waals surface area contributed by atoms with Crippen molar-refractivity contribution in [3.8, 4) is 5.69 Å². The molecule has 4 rings (SSSR count). The van der Waals surface area contributed by atoms with E-state index < -0.39 is 11.7 Å². The van der Waals surface area contributed by atoms with Crippen LogP contribution in [0.4, 0.5) is 10.7 Å². The Morgan fingerprint density at radius 1 is 1.28 bits per heavy atom. The number of nitrogens with zero attached hydrogens (tertiary/aromatic N) is 4. The molecule has 1 saturated heterocycles. The first kappa shape index (κ1) is 19.0. The highest BCUT2D eigenvalue weighted by Gasteiger charge is 2.28. The van der Waals surface area contributed by atoms with Gasteiger partial charge in [0.05, 0.1) is 17.9 Å². The summed E-state index contributed by atoms with van der Waals surface area (Å²) in [6, 6.07) is 9.47. The fourth-order valence-electron chi connectivity index (χ4n) is 3.36. The molecular weight excluding hydrogens is 372 g/mol. The van der Waals surface area contributed by atoms with Crippen LogP contribution >= 0.6 is 0 Å². The van der Waals surface area contributed by atoms with E-state index in [0.29, 0.717) is 30.1 Å². The van der Waals surface area contributed by atoms with Crippen molar-refractivity contribution in [3.63, 3.8) is 0 Å². The Kier molecular flexibility index (Phi) is 4.73. The number of amides is 1. The number of anilines is 1. The van der Waals surface area contributed by atoms with Crippen molar-refractivity contribution in [3.05, 3.63) is 46.9 Å². The number of benzene rings is 1. The second-order valence-electron chi connectivity index (χ2n) is 8.10. The van der Waals surface area contributed by atoms with Crippen molar-refractivity contribution in [2.24, 2.45) is 0 Å². The van der Waals surface area contributed by atoms with Crippen molar-refractivity contribution < 1.29 is 9.53 Å². The predicted octanol–water partition coefficient (Wildman–Crippen LogP) is 2.21. The lowest BCUT2D eigenvalue weighted by molar-refractivity contribution is 0.0509. The zero-order valence-electron chi connectivity index (χ0n) is 16.7. The van der Waals surface area contributed by atoms with Crippen LogP contribution < -0.4 is 15.8 Å². The van der Waals surface area contributed by atoms with Gasteiger partial charge in [-0.25, -0.2) is 9.48 Å². The molecule has 1 aromatic carbocycles. The number of H-pyrrole nitrogens is 1. The lowest BCUT2D eigenvalue weighted by atomic mass is 10.2. The fourth-order valence-corrected chi connectivity index (χ4v) is 3.36. The first-order valence-corrected chi connectivity index (χ1v) is 9.58. The molecule has 1 aliphatic heterocycles. The number of hydrogen-bond donors (Lipinski definition) is 2. The van der Waals surface area contributed by atoms with Gasteiger partial charge in [0.2, 0.25) is 5.95 Å². The van der Waals surface area contributed by atoms with E-state index in [1.807, 2.05) is 56.0 Å². The highest BCUT2D eigenvalue weighted by Crippen LogP contribution is 2.20. The summed E-state index contributed by atoms with van der Waals surface area (Å²) in [7, 11) is 0. The van der Waals surface area contributed by atoms with E-state index in [1.165, 1.54) is 6.20 Å². The van der Waals surface area contributed by atoms with Gasteiger partial charge in [0, 0.05) is 13.1 Å². The number of aromatic nitrogens is 4. The van der Waals surface area contributed by atoms with Gasteiger partial charge < -0.3 is 15.0 Å². The second-order valence-corrected chi connectivity index (χ2v) is 8.10. The monoisotopic (exact) mass is 396 g/mol. The van der Waals surface area contributed by atoms with E-state index in [-0.39, 0.29) is 11.6 Å². The maximum Gasteiger partial charge on any atom is 0.407 e. The molecule has 152 valence electrons. The highest BCUT2D eigenvalue weighted by molar-refractivity contribution is 5.76. The van der Waals surface area contributed by atoms with Gasteiger partial charge in [0.15, 0.2) is 5.65 Å². The van der Waals surface area contributed by atoms with Gasteiger partial charge in [-0.2, -0.15) is 10.1 Å². The van der Waals surface area contributed by atoms with Crippen LogP contribution in [0.3, 0.4) is 0 Å². The normalized spacial score (nSPS) is 16.9. The zero-order chi connectivity index (χ0) is 20.6. The smallest absolute Gasteiger partial charge is 0.407 e. The molecular formula is C20H24N6O3. The second kappa shape index (κ2) is 7.23.